The van der Waals surface area contributed by atoms with Gasteiger partial charge in [-0.05, 0) is 39.0 Å². The molecule has 0 aromatic carbocycles. The van der Waals surface area contributed by atoms with E-state index in [-0.39, 0.29) is 11.5 Å². The summed E-state index contributed by atoms with van der Waals surface area (Å²) in [4.78, 5) is 26.4. The molecule has 1 atom stereocenters. The number of alkyl carbamates (subject to hydrolysis) is 1. The number of nitrogens with one attached hydrogen (secondary N) is 1. The van der Waals surface area contributed by atoms with Crippen LogP contribution in [0.25, 0.3) is 0 Å². The molecule has 0 heterocycles. The lowest BCUT2D eigenvalue weighted by Crippen LogP contribution is -2.53. The molecule has 0 radical (unpaired) electrons. The third-order valence-electron chi connectivity index (χ3n) is 3.10. The zero-order chi connectivity index (χ0) is 14.9. The van der Waals surface area contributed by atoms with Crippen LogP contribution in [0.1, 0.15) is 54.4 Å². The van der Waals surface area contributed by atoms with Crippen LogP contribution in [-0.4, -0.2) is 29.4 Å². The van der Waals surface area contributed by atoms with Crippen LogP contribution >= 0.6 is 0 Å². The summed E-state index contributed by atoms with van der Waals surface area (Å²) in [6.45, 7) is 11.5. The van der Waals surface area contributed by atoms with Gasteiger partial charge >= 0.3 is 6.09 Å². The van der Waals surface area contributed by atoms with Gasteiger partial charge in [0.15, 0.2) is 0 Å². The molecule has 0 aromatic rings. The van der Waals surface area contributed by atoms with E-state index in [0.29, 0.717) is 0 Å². The molecular weight excluding hydrogens is 244 g/mol. The van der Waals surface area contributed by atoms with Crippen LogP contribution in [0.4, 0.5) is 4.79 Å². The third kappa shape index (κ3) is 4.35. The predicted molar refractivity (Wildman–Crippen MR) is 72.7 cm³/mol. The first kappa shape index (κ1) is 15.7. The lowest BCUT2D eigenvalue weighted by atomic mass is 9.81. The zero-order valence-electron chi connectivity index (χ0n) is 12.7. The maximum absolute atomic E-state index is 11.9. The summed E-state index contributed by atoms with van der Waals surface area (Å²) in [5.41, 5.74) is -1.26. The van der Waals surface area contributed by atoms with Crippen LogP contribution in [0, 0.1) is 5.41 Å². The fourth-order valence-corrected chi connectivity index (χ4v) is 2.27. The van der Waals surface area contributed by atoms with Crippen molar-refractivity contribution in [2.75, 3.05) is 0 Å². The van der Waals surface area contributed by atoms with E-state index in [1.54, 1.807) is 6.08 Å². The van der Waals surface area contributed by atoms with Gasteiger partial charge in [-0.15, -0.1) is 0 Å². The van der Waals surface area contributed by atoms with Crippen molar-refractivity contribution < 1.29 is 14.3 Å². The molecular formula is C14H24N2O3. The van der Waals surface area contributed by atoms with Gasteiger partial charge in [0, 0.05) is 0 Å². The predicted octanol–water partition coefficient (Wildman–Crippen LogP) is 2.79. The van der Waals surface area contributed by atoms with Gasteiger partial charge in [-0.1, -0.05) is 20.8 Å². The van der Waals surface area contributed by atoms with Crippen molar-refractivity contribution in [1.82, 2.24) is 5.32 Å². The van der Waals surface area contributed by atoms with Gasteiger partial charge in [-0.25, -0.2) is 9.59 Å². The molecule has 1 fully saturated rings. The Labute approximate surface area is 114 Å². The van der Waals surface area contributed by atoms with Crippen molar-refractivity contribution in [2.45, 2.75) is 71.6 Å². The minimum absolute atomic E-state index is 0.215. The molecule has 1 rings (SSSR count). The Kier molecular flexibility index (Phi) is 4.11. The van der Waals surface area contributed by atoms with Crippen LogP contribution in [0.15, 0.2) is 4.99 Å². The smallest absolute Gasteiger partial charge is 0.407 e. The van der Waals surface area contributed by atoms with E-state index in [2.05, 4.69) is 10.3 Å². The summed E-state index contributed by atoms with van der Waals surface area (Å²) in [5, 5.41) is 2.87. The van der Waals surface area contributed by atoms with Crippen LogP contribution in [-0.2, 0) is 9.53 Å². The fourth-order valence-electron chi connectivity index (χ4n) is 2.27. The summed E-state index contributed by atoms with van der Waals surface area (Å²) in [5.74, 6) is 0. The van der Waals surface area contributed by atoms with E-state index in [1.165, 1.54) is 0 Å². The molecule has 5 heteroatoms. The van der Waals surface area contributed by atoms with Crippen molar-refractivity contribution in [1.29, 1.82) is 0 Å². The molecule has 1 N–H and O–H groups in total. The first-order chi connectivity index (χ1) is 8.50. The molecule has 1 aliphatic rings. The summed E-state index contributed by atoms with van der Waals surface area (Å²) >= 11 is 0. The topological polar surface area (TPSA) is 67.8 Å². The molecule has 0 spiro atoms. The Morgan fingerprint density at radius 2 is 1.79 bits per heavy atom. The van der Waals surface area contributed by atoms with Gasteiger partial charge in [0.2, 0.25) is 6.08 Å². The van der Waals surface area contributed by atoms with E-state index < -0.39 is 17.2 Å². The van der Waals surface area contributed by atoms with E-state index in [1.807, 2.05) is 41.5 Å². The van der Waals surface area contributed by atoms with Crippen LogP contribution in [0.5, 0.6) is 0 Å². The molecule has 1 unspecified atom stereocenters. The zero-order valence-corrected chi connectivity index (χ0v) is 12.7. The van der Waals surface area contributed by atoms with Gasteiger partial charge in [-0.3, -0.25) is 0 Å². The number of isocyanates is 1. The first-order valence-corrected chi connectivity index (χ1v) is 6.59. The van der Waals surface area contributed by atoms with E-state index in [0.717, 1.165) is 12.8 Å². The molecule has 0 saturated heterocycles. The Bertz CT molecular complexity index is 394. The lowest BCUT2D eigenvalue weighted by Gasteiger charge is -2.36. The number of ether oxygens (including phenoxy) is 1. The Morgan fingerprint density at radius 3 is 2.11 bits per heavy atom. The summed E-state index contributed by atoms with van der Waals surface area (Å²) in [6, 6.07) is -0.240. The average Bonchev–Trinajstić information content (AvgIpc) is 2.91. The summed E-state index contributed by atoms with van der Waals surface area (Å²) in [7, 11) is 0. The number of rotatable bonds is 3. The van der Waals surface area contributed by atoms with Crippen molar-refractivity contribution in [2.24, 2.45) is 10.4 Å². The number of hydrogen-bond donors (Lipinski definition) is 1. The highest BCUT2D eigenvalue weighted by Gasteiger charge is 2.55. The lowest BCUT2D eigenvalue weighted by molar-refractivity contribution is 0.0442. The Hall–Kier alpha value is -1.35. The highest BCUT2D eigenvalue weighted by atomic mass is 16.6. The van der Waals surface area contributed by atoms with Crippen molar-refractivity contribution in [3.05, 3.63) is 0 Å². The van der Waals surface area contributed by atoms with Gasteiger partial charge in [0.1, 0.15) is 5.60 Å². The van der Waals surface area contributed by atoms with E-state index >= 15 is 0 Å². The number of hydrogen-bond acceptors (Lipinski definition) is 4. The van der Waals surface area contributed by atoms with Crippen molar-refractivity contribution >= 4 is 12.2 Å². The van der Waals surface area contributed by atoms with Crippen molar-refractivity contribution in [3.8, 4) is 0 Å². The number of nitrogens with zero attached hydrogens (tertiary/aromatic N) is 1. The third-order valence-corrected chi connectivity index (χ3v) is 3.10. The number of amides is 1. The fraction of sp³-hybridized carbons (Fsp3) is 0.857. The average molecular weight is 268 g/mol. The van der Waals surface area contributed by atoms with Crippen LogP contribution in [0.2, 0.25) is 0 Å². The standard InChI is InChI=1S/C14H24N2O3/c1-12(2,3)10(14(7-8-14)15-9-17)16-11(18)19-13(4,5)6/h10H,7-8H2,1-6H3,(H,16,18). The molecule has 0 aromatic heterocycles. The molecule has 5 nitrogen and oxygen atoms in total. The van der Waals surface area contributed by atoms with Crippen LogP contribution < -0.4 is 5.32 Å². The number of carbonyl (C=O) groups excluding carboxylic acids is 2. The molecule has 19 heavy (non-hydrogen) atoms. The van der Waals surface area contributed by atoms with Gasteiger partial charge < -0.3 is 10.1 Å². The normalized spacial score (nSPS) is 19.1. The first-order valence-electron chi connectivity index (χ1n) is 6.59. The molecule has 108 valence electrons. The number of aliphatic imine (C=N–C) groups is 1. The van der Waals surface area contributed by atoms with Gasteiger partial charge in [-0.2, -0.15) is 4.99 Å². The summed E-state index contributed by atoms with van der Waals surface area (Å²) in [6.07, 6.45) is 2.74. The van der Waals surface area contributed by atoms with E-state index in [4.69, 9.17) is 4.74 Å². The molecule has 1 aliphatic carbocycles. The quantitative estimate of drug-likeness (QED) is 0.632. The second kappa shape index (κ2) is 4.97. The molecule has 0 aliphatic heterocycles. The second-order valence-corrected chi connectivity index (χ2v) is 7.25. The second-order valence-electron chi connectivity index (χ2n) is 7.25. The van der Waals surface area contributed by atoms with Gasteiger partial charge in [0.25, 0.3) is 0 Å². The van der Waals surface area contributed by atoms with Crippen molar-refractivity contribution in [3.63, 3.8) is 0 Å². The SMILES string of the molecule is CC(C)(C)OC(=O)NC(C(C)(C)C)C1(N=C=O)CC1. The number of carbonyl (C=O) groups is 1. The Morgan fingerprint density at radius 1 is 1.26 bits per heavy atom. The molecule has 1 saturated carbocycles. The molecule has 0 bridgehead atoms. The maximum Gasteiger partial charge on any atom is 0.407 e. The minimum atomic E-state index is -0.544. The minimum Gasteiger partial charge on any atom is -0.444 e. The van der Waals surface area contributed by atoms with E-state index in [9.17, 15) is 9.59 Å². The largest absolute Gasteiger partial charge is 0.444 e. The monoisotopic (exact) mass is 268 g/mol. The molecule has 1 amide bonds. The maximum atomic E-state index is 11.9. The van der Waals surface area contributed by atoms with Crippen LogP contribution in [0.3, 0.4) is 0 Å². The highest BCUT2D eigenvalue weighted by Crippen LogP contribution is 2.48. The highest BCUT2D eigenvalue weighted by molar-refractivity contribution is 5.68. The summed E-state index contributed by atoms with van der Waals surface area (Å²) < 4.78 is 5.27. The van der Waals surface area contributed by atoms with Gasteiger partial charge in [0.05, 0.1) is 11.6 Å². The Balaban J connectivity index is 2.84.